The van der Waals surface area contributed by atoms with Gasteiger partial charge < -0.3 is 14.4 Å². The van der Waals surface area contributed by atoms with Crippen LogP contribution in [0.4, 0.5) is 0 Å². The van der Waals surface area contributed by atoms with Crippen molar-refractivity contribution in [1.82, 2.24) is 4.90 Å². The Balaban J connectivity index is 1.40. The first kappa shape index (κ1) is 17.8. The van der Waals surface area contributed by atoms with Gasteiger partial charge in [-0.1, -0.05) is 39.3 Å². The molecule has 1 aromatic carbocycles. The fraction of sp³-hybridized carbons (Fsp3) is 0.682. The standard InChI is InChI=1S/C22H30NO3/c1-16-11-12-18-21(2,3)22(18,14-16)26-20-10-7-13-23(20)19(24)15-25-17-8-5-4-6-9-17/h4-5,8-9,16,18,20H,7,10-15H2,1-3H3/t16?,18?,20-,22?/m1/s1. The molecule has 1 aromatic rings. The van der Waals surface area contributed by atoms with Gasteiger partial charge >= 0.3 is 0 Å². The van der Waals surface area contributed by atoms with E-state index in [2.05, 4.69) is 26.8 Å². The van der Waals surface area contributed by atoms with Crippen LogP contribution in [0.25, 0.3) is 0 Å². The maximum Gasteiger partial charge on any atom is 0.262 e. The largest absolute Gasteiger partial charge is 0.484 e. The van der Waals surface area contributed by atoms with E-state index in [1.54, 1.807) is 6.07 Å². The quantitative estimate of drug-likeness (QED) is 0.799. The Morgan fingerprint density at radius 3 is 2.96 bits per heavy atom. The zero-order chi connectivity index (χ0) is 18.4. The van der Waals surface area contributed by atoms with Gasteiger partial charge in [-0.3, -0.25) is 4.79 Å². The van der Waals surface area contributed by atoms with Crippen LogP contribution in [0.1, 0.15) is 52.9 Å². The van der Waals surface area contributed by atoms with Crippen LogP contribution in [0.5, 0.6) is 5.75 Å². The highest BCUT2D eigenvalue weighted by Crippen LogP contribution is 2.71. The van der Waals surface area contributed by atoms with E-state index in [1.165, 1.54) is 12.8 Å². The summed E-state index contributed by atoms with van der Waals surface area (Å²) in [5.74, 6) is 2.04. The molecule has 2 aliphatic carbocycles. The first-order valence-electron chi connectivity index (χ1n) is 10.0. The predicted octanol–water partition coefficient (Wildman–Crippen LogP) is 4.05. The van der Waals surface area contributed by atoms with Crippen molar-refractivity contribution in [2.45, 2.75) is 64.7 Å². The van der Waals surface area contributed by atoms with Crippen LogP contribution < -0.4 is 4.74 Å². The normalized spacial score (nSPS) is 35.0. The number of amides is 1. The van der Waals surface area contributed by atoms with Crippen molar-refractivity contribution in [1.29, 1.82) is 0 Å². The Hall–Kier alpha value is -1.55. The minimum Gasteiger partial charge on any atom is -0.484 e. The third-order valence-electron chi connectivity index (χ3n) is 6.95. The van der Waals surface area contributed by atoms with Crippen LogP contribution in [-0.4, -0.2) is 35.8 Å². The van der Waals surface area contributed by atoms with Gasteiger partial charge in [-0.15, -0.1) is 0 Å². The SMILES string of the molecule is CC1CCC2C(C)(C)C2(O[C@@H]2CCCN2C(=O)COc2c[c]ccc2)C1. The molecule has 1 saturated heterocycles. The average molecular weight is 356 g/mol. The molecule has 3 fully saturated rings. The highest BCUT2D eigenvalue weighted by molar-refractivity contribution is 5.78. The van der Waals surface area contributed by atoms with E-state index in [9.17, 15) is 4.79 Å². The molecule has 0 spiro atoms. The Bertz CT molecular complexity index is 659. The van der Waals surface area contributed by atoms with E-state index in [0.29, 0.717) is 17.6 Å². The third kappa shape index (κ3) is 2.92. The second kappa shape index (κ2) is 6.56. The fourth-order valence-electron chi connectivity index (χ4n) is 5.36. The zero-order valence-corrected chi connectivity index (χ0v) is 16.2. The number of nitrogens with zero attached hydrogens (tertiary/aromatic N) is 1. The van der Waals surface area contributed by atoms with Crippen LogP contribution >= 0.6 is 0 Å². The summed E-state index contributed by atoms with van der Waals surface area (Å²) in [5.41, 5.74) is 0.193. The summed E-state index contributed by atoms with van der Waals surface area (Å²) in [7, 11) is 0. The van der Waals surface area contributed by atoms with Gasteiger partial charge in [0.1, 0.15) is 12.0 Å². The van der Waals surface area contributed by atoms with Gasteiger partial charge in [-0.05, 0) is 61.1 Å². The summed E-state index contributed by atoms with van der Waals surface area (Å²) in [6.07, 6.45) is 5.52. The second-order valence-electron chi connectivity index (χ2n) is 8.88. The molecule has 3 aliphatic rings. The molecule has 0 aromatic heterocycles. The van der Waals surface area contributed by atoms with Crippen molar-refractivity contribution in [2.24, 2.45) is 17.3 Å². The van der Waals surface area contributed by atoms with Crippen LogP contribution in [0.2, 0.25) is 0 Å². The van der Waals surface area contributed by atoms with Crippen LogP contribution in [0, 0.1) is 23.3 Å². The number of likely N-dealkylation sites (tertiary alicyclic amines) is 1. The molecule has 4 heteroatoms. The zero-order valence-electron chi connectivity index (χ0n) is 16.2. The van der Waals surface area contributed by atoms with Crippen molar-refractivity contribution in [3.05, 3.63) is 30.3 Å². The lowest BCUT2D eigenvalue weighted by Gasteiger charge is -2.34. The molecule has 4 rings (SSSR count). The molecule has 1 aliphatic heterocycles. The maximum absolute atomic E-state index is 12.7. The van der Waals surface area contributed by atoms with E-state index in [0.717, 1.165) is 25.8 Å². The Kier molecular flexibility index (Phi) is 4.50. The molecule has 0 N–H and O–H groups in total. The molecule has 0 bridgehead atoms. The van der Waals surface area contributed by atoms with Crippen LogP contribution in [-0.2, 0) is 9.53 Å². The van der Waals surface area contributed by atoms with Gasteiger partial charge in [0.25, 0.3) is 5.91 Å². The molecule has 1 amide bonds. The number of benzene rings is 1. The van der Waals surface area contributed by atoms with Crippen molar-refractivity contribution >= 4 is 5.91 Å². The third-order valence-corrected chi connectivity index (χ3v) is 6.95. The Labute approximate surface area is 156 Å². The summed E-state index contributed by atoms with van der Waals surface area (Å²) in [6.45, 7) is 7.84. The Morgan fingerprint density at radius 2 is 2.19 bits per heavy atom. The second-order valence-corrected chi connectivity index (χ2v) is 8.88. The number of fused-ring (bicyclic) bond motifs is 1. The summed E-state index contributed by atoms with van der Waals surface area (Å²) in [5, 5.41) is 0. The fourth-order valence-corrected chi connectivity index (χ4v) is 5.36. The molecular weight excluding hydrogens is 326 g/mol. The van der Waals surface area contributed by atoms with Crippen molar-refractivity contribution in [3.63, 3.8) is 0 Å². The molecule has 2 saturated carbocycles. The van der Waals surface area contributed by atoms with Gasteiger partial charge in [0.2, 0.25) is 0 Å². The summed E-state index contributed by atoms with van der Waals surface area (Å²) in [6, 6.07) is 10.2. The van der Waals surface area contributed by atoms with Gasteiger partial charge in [0, 0.05) is 6.54 Å². The highest BCUT2D eigenvalue weighted by atomic mass is 16.5. The van der Waals surface area contributed by atoms with E-state index in [1.807, 2.05) is 23.1 Å². The number of hydrogen-bond acceptors (Lipinski definition) is 3. The Morgan fingerprint density at radius 1 is 1.35 bits per heavy atom. The van der Waals surface area contributed by atoms with Gasteiger partial charge in [0.15, 0.2) is 6.61 Å². The smallest absolute Gasteiger partial charge is 0.262 e. The molecule has 4 atom stereocenters. The lowest BCUT2D eigenvalue weighted by Crippen LogP contribution is -2.44. The number of ether oxygens (including phenoxy) is 2. The van der Waals surface area contributed by atoms with E-state index >= 15 is 0 Å². The number of rotatable bonds is 5. The van der Waals surface area contributed by atoms with E-state index in [4.69, 9.17) is 9.47 Å². The highest BCUT2D eigenvalue weighted by Gasteiger charge is 2.73. The maximum atomic E-state index is 12.7. The molecule has 26 heavy (non-hydrogen) atoms. The number of hydrogen-bond donors (Lipinski definition) is 0. The molecular formula is C22H30NO3. The predicted molar refractivity (Wildman–Crippen MR) is 99.6 cm³/mol. The molecule has 3 unspecified atom stereocenters. The van der Waals surface area contributed by atoms with Gasteiger partial charge in [-0.25, -0.2) is 0 Å². The molecule has 1 heterocycles. The summed E-state index contributed by atoms with van der Waals surface area (Å²) < 4.78 is 12.4. The first-order chi connectivity index (χ1) is 12.4. The molecule has 141 valence electrons. The van der Waals surface area contributed by atoms with Crippen molar-refractivity contribution in [2.75, 3.05) is 13.2 Å². The minimum absolute atomic E-state index is 0.0200. The summed E-state index contributed by atoms with van der Waals surface area (Å²) >= 11 is 0. The van der Waals surface area contributed by atoms with Gasteiger partial charge in [-0.2, -0.15) is 0 Å². The number of carbonyl (C=O) groups excluding carboxylic acids is 1. The average Bonchev–Trinajstić information content (AvgIpc) is 2.93. The molecule has 4 nitrogen and oxygen atoms in total. The monoisotopic (exact) mass is 356 g/mol. The van der Waals surface area contributed by atoms with Crippen LogP contribution in [0.3, 0.4) is 0 Å². The lowest BCUT2D eigenvalue weighted by molar-refractivity contribution is -0.158. The van der Waals surface area contributed by atoms with E-state index in [-0.39, 0.29) is 29.8 Å². The van der Waals surface area contributed by atoms with Crippen LogP contribution in [0.15, 0.2) is 24.3 Å². The summed E-state index contributed by atoms with van der Waals surface area (Å²) in [4.78, 5) is 14.6. The van der Waals surface area contributed by atoms with Crippen molar-refractivity contribution < 1.29 is 14.3 Å². The van der Waals surface area contributed by atoms with Gasteiger partial charge in [0.05, 0.1) is 5.60 Å². The van der Waals surface area contributed by atoms with Crippen molar-refractivity contribution in [3.8, 4) is 5.75 Å². The first-order valence-corrected chi connectivity index (χ1v) is 10.0. The molecule has 1 radical (unpaired) electrons. The lowest BCUT2D eigenvalue weighted by atomic mass is 9.88. The topological polar surface area (TPSA) is 38.8 Å². The van der Waals surface area contributed by atoms with E-state index < -0.39 is 0 Å². The minimum atomic E-state index is -0.0944. The number of carbonyl (C=O) groups is 1.